The van der Waals surface area contributed by atoms with Crippen molar-refractivity contribution in [3.05, 3.63) is 52.2 Å². The SMILES string of the molecule is CCCNC(CCc1ccsc1)c1ccc(N(C)C)cc1. The molecule has 0 radical (unpaired) electrons. The van der Waals surface area contributed by atoms with Crippen molar-refractivity contribution >= 4 is 17.0 Å². The maximum atomic E-state index is 3.69. The molecule has 0 saturated heterocycles. The molecule has 0 amide bonds. The summed E-state index contributed by atoms with van der Waals surface area (Å²) in [7, 11) is 4.16. The quantitative estimate of drug-likeness (QED) is 0.773. The Labute approximate surface area is 132 Å². The number of aryl methyl sites for hydroxylation is 1. The van der Waals surface area contributed by atoms with Gasteiger partial charge in [-0.2, -0.15) is 11.3 Å². The molecule has 114 valence electrons. The van der Waals surface area contributed by atoms with E-state index in [9.17, 15) is 0 Å². The van der Waals surface area contributed by atoms with E-state index < -0.39 is 0 Å². The van der Waals surface area contributed by atoms with Crippen LogP contribution in [0.4, 0.5) is 5.69 Å². The van der Waals surface area contributed by atoms with Crippen LogP contribution in [0.5, 0.6) is 0 Å². The van der Waals surface area contributed by atoms with Gasteiger partial charge < -0.3 is 10.2 Å². The molecule has 1 aromatic carbocycles. The Hall–Kier alpha value is -1.32. The molecule has 1 N–H and O–H groups in total. The van der Waals surface area contributed by atoms with Gasteiger partial charge in [-0.15, -0.1) is 0 Å². The van der Waals surface area contributed by atoms with Crippen LogP contribution in [0.2, 0.25) is 0 Å². The monoisotopic (exact) mass is 302 g/mol. The van der Waals surface area contributed by atoms with Crippen LogP contribution in [0.25, 0.3) is 0 Å². The van der Waals surface area contributed by atoms with E-state index in [-0.39, 0.29) is 0 Å². The van der Waals surface area contributed by atoms with Crippen molar-refractivity contribution in [3.63, 3.8) is 0 Å². The average molecular weight is 302 g/mol. The molecule has 21 heavy (non-hydrogen) atoms. The molecule has 1 atom stereocenters. The topological polar surface area (TPSA) is 15.3 Å². The van der Waals surface area contributed by atoms with Crippen molar-refractivity contribution in [2.45, 2.75) is 32.2 Å². The first-order chi connectivity index (χ1) is 10.2. The van der Waals surface area contributed by atoms with Gasteiger partial charge in [0.05, 0.1) is 0 Å². The number of anilines is 1. The zero-order valence-electron chi connectivity index (χ0n) is 13.3. The summed E-state index contributed by atoms with van der Waals surface area (Å²) in [5.41, 5.74) is 4.10. The number of hydrogen-bond donors (Lipinski definition) is 1. The molecule has 0 aliphatic heterocycles. The molecule has 0 aliphatic rings. The van der Waals surface area contributed by atoms with Crippen LogP contribution in [0.1, 0.15) is 36.9 Å². The molecule has 2 nitrogen and oxygen atoms in total. The minimum atomic E-state index is 0.445. The zero-order valence-corrected chi connectivity index (χ0v) is 14.1. The molecular weight excluding hydrogens is 276 g/mol. The fourth-order valence-electron chi connectivity index (χ4n) is 2.46. The Morgan fingerprint density at radius 2 is 1.90 bits per heavy atom. The number of nitrogens with one attached hydrogen (secondary N) is 1. The van der Waals surface area contributed by atoms with Crippen molar-refractivity contribution in [1.29, 1.82) is 0 Å². The molecule has 2 rings (SSSR count). The largest absolute Gasteiger partial charge is 0.378 e. The molecule has 0 bridgehead atoms. The number of benzene rings is 1. The van der Waals surface area contributed by atoms with Gasteiger partial charge in [-0.3, -0.25) is 0 Å². The third-order valence-electron chi connectivity index (χ3n) is 3.75. The molecule has 1 aromatic heterocycles. The number of thiophene rings is 1. The maximum absolute atomic E-state index is 3.69. The van der Waals surface area contributed by atoms with Crippen LogP contribution in [0.15, 0.2) is 41.1 Å². The summed E-state index contributed by atoms with van der Waals surface area (Å²) in [5, 5.41) is 8.10. The van der Waals surface area contributed by atoms with E-state index in [2.05, 4.69) is 72.3 Å². The summed E-state index contributed by atoms with van der Waals surface area (Å²) < 4.78 is 0. The average Bonchev–Trinajstić information content (AvgIpc) is 3.01. The van der Waals surface area contributed by atoms with E-state index in [1.807, 2.05) is 0 Å². The van der Waals surface area contributed by atoms with E-state index in [1.54, 1.807) is 11.3 Å². The first-order valence-corrected chi connectivity index (χ1v) is 8.66. The summed E-state index contributed by atoms with van der Waals surface area (Å²) >= 11 is 1.78. The smallest absolute Gasteiger partial charge is 0.0361 e. The third kappa shape index (κ3) is 4.87. The second-order valence-electron chi connectivity index (χ2n) is 5.66. The van der Waals surface area contributed by atoms with Gasteiger partial charge in [-0.25, -0.2) is 0 Å². The fourth-order valence-corrected chi connectivity index (χ4v) is 3.16. The summed E-state index contributed by atoms with van der Waals surface area (Å²) in [6.07, 6.45) is 3.46. The van der Waals surface area contributed by atoms with Crippen LogP contribution in [0, 0.1) is 0 Å². The van der Waals surface area contributed by atoms with Gasteiger partial charge >= 0.3 is 0 Å². The van der Waals surface area contributed by atoms with Gasteiger partial charge in [0, 0.05) is 25.8 Å². The number of nitrogens with zero attached hydrogens (tertiary/aromatic N) is 1. The highest BCUT2D eigenvalue weighted by Crippen LogP contribution is 2.22. The van der Waals surface area contributed by atoms with Gasteiger partial charge in [-0.05, 0) is 65.9 Å². The lowest BCUT2D eigenvalue weighted by Gasteiger charge is -2.20. The van der Waals surface area contributed by atoms with Crippen LogP contribution >= 0.6 is 11.3 Å². The highest BCUT2D eigenvalue weighted by atomic mass is 32.1. The molecule has 1 heterocycles. The van der Waals surface area contributed by atoms with Crippen molar-refractivity contribution < 1.29 is 0 Å². The molecule has 0 aliphatic carbocycles. The minimum Gasteiger partial charge on any atom is -0.378 e. The molecule has 0 spiro atoms. The van der Waals surface area contributed by atoms with Crippen LogP contribution in [-0.2, 0) is 6.42 Å². The Morgan fingerprint density at radius 3 is 2.48 bits per heavy atom. The van der Waals surface area contributed by atoms with Gasteiger partial charge in [-0.1, -0.05) is 19.1 Å². The summed E-state index contributed by atoms with van der Waals surface area (Å²) in [6.45, 7) is 3.29. The van der Waals surface area contributed by atoms with Gasteiger partial charge in [0.1, 0.15) is 0 Å². The molecular formula is C18H26N2S. The standard InChI is InChI=1S/C18H26N2S/c1-4-12-19-18(10-5-15-11-13-21-14-15)16-6-8-17(9-7-16)20(2)3/h6-9,11,13-14,18-19H,4-5,10,12H2,1-3H3. The van der Waals surface area contributed by atoms with E-state index in [0.29, 0.717) is 6.04 Å². The second kappa shape index (κ2) is 8.20. The van der Waals surface area contributed by atoms with Crippen molar-refractivity contribution in [2.24, 2.45) is 0 Å². The molecule has 0 fully saturated rings. The molecule has 1 unspecified atom stereocenters. The summed E-state index contributed by atoms with van der Waals surface area (Å²) in [4.78, 5) is 2.14. The predicted octanol–water partition coefficient (Wildman–Crippen LogP) is 4.49. The van der Waals surface area contributed by atoms with Crippen LogP contribution in [-0.4, -0.2) is 20.6 Å². The predicted molar refractivity (Wildman–Crippen MR) is 94.4 cm³/mol. The van der Waals surface area contributed by atoms with Crippen molar-refractivity contribution in [1.82, 2.24) is 5.32 Å². The molecule has 3 heteroatoms. The first-order valence-electron chi connectivity index (χ1n) is 7.72. The first kappa shape index (κ1) is 16.1. The lowest BCUT2D eigenvalue weighted by atomic mass is 9.99. The van der Waals surface area contributed by atoms with Gasteiger partial charge in [0.15, 0.2) is 0 Å². The summed E-state index contributed by atoms with van der Waals surface area (Å²) in [6, 6.07) is 11.6. The number of rotatable bonds is 8. The Kier molecular flexibility index (Phi) is 6.27. The Bertz CT molecular complexity index is 503. The van der Waals surface area contributed by atoms with Crippen molar-refractivity contribution in [3.8, 4) is 0 Å². The maximum Gasteiger partial charge on any atom is 0.0361 e. The lowest BCUT2D eigenvalue weighted by molar-refractivity contribution is 0.499. The highest BCUT2D eigenvalue weighted by molar-refractivity contribution is 7.07. The fraction of sp³-hybridized carbons (Fsp3) is 0.444. The van der Waals surface area contributed by atoms with Crippen LogP contribution < -0.4 is 10.2 Å². The minimum absolute atomic E-state index is 0.445. The van der Waals surface area contributed by atoms with E-state index in [1.165, 1.54) is 23.2 Å². The number of hydrogen-bond acceptors (Lipinski definition) is 3. The molecule has 0 saturated carbocycles. The van der Waals surface area contributed by atoms with Gasteiger partial charge in [0.25, 0.3) is 0 Å². The third-order valence-corrected chi connectivity index (χ3v) is 4.49. The Morgan fingerprint density at radius 1 is 1.14 bits per heavy atom. The van der Waals surface area contributed by atoms with E-state index >= 15 is 0 Å². The zero-order chi connectivity index (χ0) is 15.1. The van der Waals surface area contributed by atoms with Crippen molar-refractivity contribution in [2.75, 3.05) is 25.5 Å². The second-order valence-corrected chi connectivity index (χ2v) is 6.44. The molecule has 2 aromatic rings. The summed E-state index contributed by atoms with van der Waals surface area (Å²) in [5.74, 6) is 0. The Balaban J connectivity index is 2.03. The van der Waals surface area contributed by atoms with E-state index in [4.69, 9.17) is 0 Å². The van der Waals surface area contributed by atoms with E-state index in [0.717, 1.165) is 19.4 Å². The van der Waals surface area contributed by atoms with Gasteiger partial charge in [0.2, 0.25) is 0 Å². The normalized spacial score (nSPS) is 12.3. The lowest BCUT2D eigenvalue weighted by Crippen LogP contribution is -2.22. The highest BCUT2D eigenvalue weighted by Gasteiger charge is 2.11. The van der Waals surface area contributed by atoms with Crippen LogP contribution in [0.3, 0.4) is 0 Å².